The van der Waals surface area contributed by atoms with Crippen molar-refractivity contribution in [3.8, 4) is 5.75 Å². The van der Waals surface area contributed by atoms with Crippen LogP contribution in [0.15, 0.2) is 48.5 Å². The summed E-state index contributed by atoms with van der Waals surface area (Å²) in [5.74, 6) is 1.09. The Morgan fingerprint density at radius 3 is 2.34 bits per heavy atom. The quantitative estimate of drug-likeness (QED) is 0.559. The number of anilines is 2. The Bertz CT molecular complexity index is 1050. The summed E-state index contributed by atoms with van der Waals surface area (Å²) in [6, 6.07) is 14.3. The average Bonchev–Trinajstić information content (AvgIpc) is 3.08. The standard InChI is InChI=1S/C27H34N4O3S/c1-19-4-8-22(9-5-19)31-26(33)24(18-25(32)28-21-6-10-23(34-3)11-7-21)30(27(31)35)17-16-29-14-12-20(2)13-15-29/h4-11,20,24H,12-18H2,1-3H3,(H,28,32)/t24-/m0/s1. The van der Waals surface area contributed by atoms with E-state index in [9.17, 15) is 9.59 Å². The smallest absolute Gasteiger partial charge is 0.256 e. The van der Waals surface area contributed by atoms with Gasteiger partial charge in [-0.2, -0.15) is 0 Å². The maximum atomic E-state index is 13.6. The molecule has 2 aromatic carbocycles. The number of hydrogen-bond donors (Lipinski definition) is 1. The third-order valence-electron chi connectivity index (χ3n) is 6.90. The zero-order chi connectivity index (χ0) is 24.9. The predicted octanol–water partition coefficient (Wildman–Crippen LogP) is 4.07. The molecule has 186 valence electrons. The first kappa shape index (κ1) is 25.1. The lowest BCUT2D eigenvalue weighted by Gasteiger charge is -2.32. The number of benzene rings is 2. The van der Waals surface area contributed by atoms with Crippen molar-refractivity contribution in [1.82, 2.24) is 9.80 Å². The lowest BCUT2D eigenvalue weighted by Crippen LogP contribution is -2.44. The molecular formula is C27H34N4O3S. The van der Waals surface area contributed by atoms with Crippen molar-refractivity contribution in [2.75, 3.05) is 43.5 Å². The van der Waals surface area contributed by atoms with E-state index in [1.165, 1.54) is 12.8 Å². The van der Waals surface area contributed by atoms with Crippen LogP contribution in [0.2, 0.25) is 0 Å². The number of aryl methyl sites for hydroxylation is 1. The fourth-order valence-electron chi connectivity index (χ4n) is 4.62. The van der Waals surface area contributed by atoms with Gasteiger partial charge in [0.25, 0.3) is 5.91 Å². The first-order valence-electron chi connectivity index (χ1n) is 12.2. The number of thiocarbonyl (C=S) groups is 1. The maximum Gasteiger partial charge on any atom is 0.256 e. The zero-order valence-corrected chi connectivity index (χ0v) is 21.5. The molecule has 35 heavy (non-hydrogen) atoms. The van der Waals surface area contributed by atoms with Gasteiger partial charge in [0.15, 0.2) is 5.11 Å². The Kier molecular flexibility index (Phi) is 8.03. The van der Waals surface area contributed by atoms with Crippen LogP contribution in [0.5, 0.6) is 5.75 Å². The average molecular weight is 495 g/mol. The van der Waals surface area contributed by atoms with Crippen molar-refractivity contribution in [3.63, 3.8) is 0 Å². The highest BCUT2D eigenvalue weighted by Crippen LogP contribution is 2.28. The Morgan fingerprint density at radius 2 is 1.71 bits per heavy atom. The highest BCUT2D eigenvalue weighted by atomic mass is 32.1. The molecule has 0 bridgehead atoms. The van der Waals surface area contributed by atoms with Crippen LogP contribution in [0.25, 0.3) is 0 Å². The van der Waals surface area contributed by atoms with Gasteiger partial charge in [0, 0.05) is 18.8 Å². The van der Waals surface area contributed by atoms with Crippen molar-refractivity contribution >= 4 is 40.5 Å². The van der Waals surface area contributed by atoms with Crippen LogP contribution < -0.4 is 15.0 Å². The summed E-state index contributed by atoms with van der Waals surface area (Å²) >= 11 is 5.79. The Labute approximate surface area is 213 Å². The van der Waals surface area contributed by atoms with E-state index in [1.807, 2.05) is 36.1 Å². The molecule has 2 aliphatic heterocycles. The van der Waals surface area contributed by atoms with Crippen LogP contribution in [0.1, 0.15) is 31.7 Å². The highest BCUT2D eigenvalue weighted by molar-refractivity contribution is 7.80. The third kappa shape index (κ3) is 6.00. The Hall–Kier alpha value is -2.97. The second-order valence-electron chi connectivity index (χ2n) is 9.51. The van der Waals surface area contributed by atoms with E-state index in [0.717, 1.165) is 36.8 Å². The molecule has 2 heterocycles. The molecule has 0 spiro atoms. The van der Waals surface area contributed by atoms with Crippen molar-refractivity contribution in [1.29, 1.82) is 0 Å². The normalized spacial score (nSPS) is 19.3. The summed E-state index contributed by atoms with van der Waals surface area (Å²) in [4.78, 5) is 32.5. The number of methoxy groups -OCH3 is 1. The number of carbonyl (C=O) groups is 2. The second-order valence-corrected chi connectivity index (χ2v) is 9.87. The van der Waals surface area contributed by atoms with Crippen LogP contribution >= 0.6 is 12.2 Å². The summed E-state index contributed by atoms with van der Waals surface area (Å²) < 4.78 is 5.18. The second kappa shape index (κ2) is 11.2. The van der Waals surface area contributed by atoms with Crippen molar-refractivity contribution in [2.24, 2.45) is 5.92 Å². The fourth-order valence-corrected chi connectivity index (χ4v) is 5.03. The largest absolute Gasteiger partial charge is 0.497 e. The molecule has 4 rings (SSSR count). The van der Waals surface area contributed by atoms with Gasteiger partial charge < -0.3 is 19.9 Å². The molecule has 2 amide bonds. The van der Waals surface area contributed by atoms with Gasteiger partial charge in [-0.3, -0.25) is 14.5 Å². The third-order valence-corrected chi connectivity index (χ3v) is 7.31. The van der Waals surface area contributed by atoms with E-state index >= 15 is 0 Å². The van der Waals surface area contributed by atoms with Crippen LogP contribution in [0.4, 0.5) is 11.4 Å². The van der Waals surface area contributed by atoms with Crippen LogP contribution in [0, 0.1) is 12.8 Å². The minimum atomic E-state index is -0.634. The summed E-state index contributed by atoms with van der Waals surface area (Å²) in [6.07, 6.45) is 2.41. The number of ether oxygens (including phenoxy) is 1. The van der Waals surface area contributed by atoms with Gasteiger partial charge in [0.1, 0.15) is 11.8 Å². The first-order valence-corrected chi connectivity index (χ1v) is 12.6. The summed E-state index contributed by atoms with van der Waals surface area (Å²) in [7, 11) is 1.60. The molecule has 0 radical (unpaired) electrons. The number of carbonyl (C=O) groups excluding carboxylic acids is 2. The van der Waals surface area contributed by atoms with Crippen molar-refractivity contribution in [2.45, 2.75) is 39.2 Å². The molecule has 7 nitrogen and oxygen atoms in total. The summed E-state index contributed by atoms with van der Waals surface area (Å²) in [6.45, 7) is 7.84. The molecule has 8 heteroatoms. The van der Waals surface area contributed by atoms with Gasteiger partial charge >= 0.3 is 0 Å². The van der Waals surface area contributed by atoms with Gasteiger partial charge in [-0.05, 0) is 87.4 Å². The highest BCUT2D eigenvalue weighted by Gasteiger charge is 2.44. The van der Waals surface area contributed by atoms with Crippen LogP contribution in [-0.4, -0.2) is 66.1 Å². The van der Waals surface area contributed by atoms with Gasteiger partial charge in [0.2, 0.25) is 5.91 Å². The minimum absolute atomic E-state index is 0.0321. The molecule has 2 aromatic rings. The number of piperidine rings is 1. The fraction of sp³-hybridized carbons (Fsp3) is 0.444. The topological polar surface area (TPSA) is 65.1 Å². The monoisotopic (exact) mass is 494 g/mol. The molecular weight excluding hydrogens is 460 g/mol. The number of rotatable bonds is 8. The molecule has 2 saturated heterocycles. The van der Waals surface area contributed by atoms with E-state index in [-0.39, 0.29) is 18.2 Å². The molecule has 0 unspecified atom stereocenters. The van der Waals surface area contributed by atoms with Gasteiger partial charge in [0.05, 0.1) is 19.2 Å². The maximum absolute atomic E-state index is 13.6. The summed E-state index contributed by atoms with van der Waals surface area (Å²) in [5.41, 5.74) is 2.51. The van der Waals surface area contributed by atoms with E-state index < -0.39 is 6.04 Å². The van der Waals surface area contributed by atoms with E-state index in [1.54, 1.807) is 36.3 Å². The molecule has 1 N–H and O–H groups in total. The number of hydrogen-bond acceptors (Lipinski definition) is 5. The molecule has 0 aliphatic carbocycles. The van der Waals surface area contributed by atoms with Gasteiger partial charge in [-0.1, -0.05) is 24.6 Å². The zero-order valence-electron chi connectivity index (χ0n) is 20.7. The van der Waals surface area contributed by atoms with Gasteiger partial charge in [-0.25, -0.2) is 0 Å². The van der Waals surface area contributed by atoms with Crippen molar-refractivity contribution in [3.05, 3.63) is 54.1 Å². The van der Waals surface area contributed by atoms with E-state index in [0.29, 0.717) is 23.1 Å². The van der Waals surface area contributed by atoms with Crippen LogP contribution in [0.3, 0.4) is 0 Å². The number of nitrogens with one attached hydrogen (secondary N) is 1. The molecule has 0 saturated carbocycles. The van der Waals surface area contributed by atoms with E-state index in [2.05, 4.69) is 17.1 Å². The number of nitrogens with zero attached hydrogens (tertiary/aromatic N) is 3. The number of likely N-dealkylation sites (tertiary alicyclic amines) is 1. The number of amides is 2. The lowest BCUT2D eigenvalue weighted by atomic mass is 9.99. The van der Waals surface area contributed by atoms with Gasteiger partial charge in [-0.15, -0.1) is 0 Å². The summed E-state index contributed by atoms with van der Waals surface area (Å²) in [5, 5.41) is 3.37. The molecule has 1 atom stereocenters. The Morgan fingerprint density at radius 1 is 1.06 bits per heavy atom. The molecule has 2 aliphatic rings. The Balaban J connectivity index is 1.49. The lowest BCUT2D eigenvalue weighted by molar-refractivity contribution is -0.124. The van der Waals surface area contributed by atoms with Crippen molar-refractivity contribution < 1.29 is 14.3 Å². The first-order chi connectivity index (χ1) is 16.9. The predicted molar refractivity (Wildman–Crippen MR) is 143 cm³/mol. The molecule has 0 aromatic heterocycles. The van der Waals surface area contributed by atoms with Crippen LogP contribution in [-0.2, 0) is 9.59 Å². The minimum Gasteiger partial charge on any atom is -0.497 e. The SMILES string of the molecule is COc1ccc(NC(=O)C[C@H]2C(=O)N(c3ccc(C)cc3)C(=S)N2CCN2CCC(C)CC2)cc1. The van der Waals surface area contributed by atoms with E-state index in [4.69, 9.17) is 17.0 Å². The molecule has 2 fully saturated rings.